The summed E-state index contributed by atoms with van der Waals surface area (Å²) >= 11 is 0. The monoisotopic (exact) mass is 652 g/mol. The molecule has 4 aromatic carbocycles. The number of hydrogen-bond donors (Lipinski definition) is 0. The molecule has 4 nitrogen and oxygen atoms in total. The number of aliphatic imine (C=N–C) groups is 1. The van der Waals surface area contributed by atoms with Crippen molar-refractivity contribution in [3.63, 3.8) is 0 Å². The number of pyridine rings is 1. The van der Waals surface area contributed by atoms with E-state index in [9.17, 15) is 0 Å². The van der Waals surface area contributed by atoms with Gasteiger partial charge in [-0.2, -0.15) is 26.3 Å². The average Bonchev–Trinajstić information content (AvgIpc) is 3.57. The molecule has 0 saturated heterocycles. The van der Waals surface area contributed by atoms with Gasteiger partial charge < -0.3 is 9.13 Å². The number of para-hydroxylation sites is 2. The van der Waals surface area contributed by atoms with Gasteiger partial charge >= 0.3 is 12.4 Å². The van der Waals surface area contributed by atoms with Crippen LogP contribution >= 0.6 is 0 Å². The first-order valence-corrected chi connectivity index (χ1v) is 15.3. The average molecular weight is 653 g/mol. The SMILES string of the molecule is CC1Cc2c(n(-c3ccc(C(c4ccc(-n5c6ccccc6c6ccncc65)cc4)(C(F)(F)F)C(F)(F)F)cc3)c3ccccc23)C=N1. The molecule has 48 heavy (non-hydrogen) atoms. The molecule has 0 saturated carbocycles. The highest BCUT2D eigenvalue weighted by molar-refractivity contribution is 6.08. The van der Waals surface area contributed by atoms with Crippen LogP contribution < -0.4 is 0 Å². The van der Waals surface area contributed by atoms with Crippen molar-refractivity contribution < 1.29 is 26.3 Å². The van der Waals surface area contributed by atoms with Crippen molar-refractivity contribution >= 4 is 38.9 Å². The van der Waals surface area contributed by atoms with Crippen molar-refractivity contribution in [2.45, 2.75) is 37.2 Å². The molecule has 1 unspecified atom stereocenters. The van der Waals surface area contributed by atoms with Gasteiger partial charge in [-0.05, 0) is 72.5 Å². The molecule has 0 amide bonds. The summed E-state index contributed by atoms with van der Waals surface area (Å²) in [5.41, 5.74) is -1.26. The van der Waals surface area contributed by atoms with Crippen molar-refractivity contribution in [1.82, 2.24) is 14.1 Å². The predicted molar refractivity (Wildman–Crippen MR) is 176 cm³/mol. The minimum atomic E-state index is -5.72. The van der Waals surface area contributed by atoms with Gasteiger partial charge in [-0.15, -0.1) is 0 Å². The van der Waals surface area contributed by atoms with E-state index < -0.39 is 28.9 Å². The molecule has 0 radical (unpaired) electrons. The van der Waals surface area contributed by atoms with Gasteiger partial charge in [0.2, 0.25) is 5.41 Å². The smallest absolute Gasteiger partial charge is 0.308 e. The standard InChI is InChI=1S/C38H26F6N4/c1-23-20-31-29-7-3-5-9-33(29)48(35(31)22-46-23)27-16-12-25(13-17-27)36(37(39,40)41,38(42,43)44)24-10-14-26(15-11-24)47-32-8-4-2-6-28(32)30-18-19-45-21-34(30)47/h2-19,21-23H,20H2,1H3. The van der Waals surface area contributed by atoms with E-state index in [0.29, 0.717) is 23.3 Å². The highest BCUT2D eigenvalue weighted by atomic mass is 19.4. The second-order valence-corrected chi connectivity index (χ2v) is 12.1. The van der Waals surface area contributed by atoms with Crippen LogP contribution in [0.15, 0.2) is 121 Å². The lowest BCUT2D eigenvalue weighted by atomic mass is 9.73. The largest absolute Gasteiger partial charge is 0.411 e. The second-order valence-electron chi connectivity index (χ2n) is 12.1. The van der Waals surface area contributed by atoms with Crippen LogP contribution in [0.1, 0.15) is 29.3 Å². The summed E-state index contributed by atoms with van der Waals surface area (Å²) in [7, 11) is 0. The van der Waals surface area contributed by atoms with E-state index >= 15 is 26.3 Å². The lowest BCUT2D eigenvalue weighted by molar-refractivity contribution is -0.288. The van der Waals surface area contributed by atoms with Crippen LogP contribution in [0.5, 0.6) is 0 Å². The van der Waals surface area contributed by atoms with Crippen molar-refractivity contribution in [3.05, 3.63) is 138 Å². The summed E-state index contributed by atoms with van der Waals surface area (Å²) < 4.78 is 94.3. The molecule has 7 aromatic rings. The first kappa shape index (κ1) is 30.0. The van der Waals surface area contributed by atoms with Crippen molar-refractivity contribution in [2.24, 2.45) is 4.99 Å². The lowest BCUT2D eigenvalue weighted by Crippen LogP contribution is -2.54. The number of rotatable bonds is 4. The Labute approximate surface area is 270 Å². The predicted octanol–water partition coefficient (Wildman–Crippen LogP) is 9.90. The number of aromatic nitrogens is 3. The number of benzene rings is 4. The Morgan fingerprint density at radius 1 is 0.604 bits per heavy atom. The molecule has 0 bridgehead atoms. The van der Waals surface area contributed by atoms with Gasteiger partial charge in [0.15, 0.2) is 0 Å². The molecule has 1 aliphatic rings. The molecule has 0 fully saturated rings. The molecular weight excluding hydrogens is 626 g/mol. The Kier molecular flexibility index (Phi) is 6.60. The zero-order valence-electron chi connectivity index (χ0n) is 25.4. The van der Waals surface area contributed by atoms with E-state index in [2.05, 4.69) is 9.98 Å². The van der Waals surface area contributed by atoms with Gasteiger partial charge in [0.25, 0.3) is 0 Å². The molecule has 0 aliphatic carbocycles. The highest BCUT2D eigenvalue weighted by Crippen LogP contribution is 2.56. The van der Waals surface area contributed by atoms with Gasteiger partial charge in [0.05, 0.1) is 34.5 Å². The number of alkyl halides is 6. The highest BCUT2D eigenvalue weighted by Gasteiger charge is 2.72. The topological polar surface area (TPSA) is 35.1 Å². The molecule has 0 N–H and O–H groups in total. The number of hydrogen-bond acceptors (Lipinski definition) is 2. The third kappa shape index (κ3) is 4.24. The van der Waals surface area contributed by atoms with E-state index in [1.807, 2.05) is 66.1 Å². The maximum Gasteiger partial charge on any atom is 0.411 e. The number of fused-ring (bicyclic) bond motifs is 6. The summed E-state index contributed by atoms with van der Waals surface area (Å²) in [6, 6.07) is 25.9. The van der Waals surface area contributed by atoms with Crippen LogP contribution in [0.2, 0.25) is 0 Å². The Balaban J connectivity index is 1.28. The minimum Gasteiger partial charge on any atom is -0.308 e. The molecule has 1 atom stereocenters. The van der Waals surface area contributed by atoms with Crippen molar-refractivity contribution in [1.29, 1.82) is 0 Å². The van der Waals surface area contributed by atoms with Crippen molar-refractivity contribution in [3.8, 4) is 11.4 Å². The molecule has 1 aliphatic heterocycles. The van der Waals surface area contributed by atoms with E-state index in [-0.39, 0.29) is 6.04 Å². The zero-order chi connectivity index (χ0) is 33.4. The Bertz CT molecular complexity index is 2290. The molecule has 3 aromatic heterocycles. The lowest BCUT2D eigenvalue weighted by Gasteiger charge is -2.38. The van der Waals surface area contributed by atoms with E-state index in [1.54, 1.807) is 23.2 Å². The van der Waals surface area contributed by atoms with Crippen LogP contribution in [0.3, 0.4) is 0 Å². The van der Waals surface area contributed by atoms with Gasteiger partial charge in [-0.25, -0.2) is 0 Å². The first-order chi connectivity index (χ1) is 23.0. The minimum absolute atomic E-state index is 0.0522. The fourth-order valence-electron chi connectivity index (χ4n) is 7.30. The molecule has 10 heteroatoms. The van der Waals surface area contributed by atoms with Gasteiger partial charge in [0.1, 0.15) is 0 Å². The maximum absolute atomic E-state index is 15.1. The van der Waals surface area contributed by atoms with Gasteiger partial charge in [-0.1, -0.05) is 60.7 Å². The maximum atomic E-state index is 15.1. The Morgan fingerprint density at radius 3 is 1.73 bits per heavy atom. The number of halogens is 6. The molecular formula is C38H26F6N4. The quantitative estimate of drug-likeness (QED) is 0.174. The Morgan fingerprint density at radius 2 is 1.12 bits per heavy atom. The van der Waals surface area contributed by atoms with Crippen molar-refractivity contribution in [2.75, 3.05) is 0 Å². The van der Waals surface area contributed by atoms with Crippen LogP contribution in [0.25, 0.3) is 44.1 Å². The summed E-state index contributed by atoms with van der Waals surface area (Å²) in [6.45, 7) is 1.99. The zero-order valence-corrected chi connectivity index (χ0v) is 25.4. The van der Waals surface area contributed by atoms with E-state index in [4.69, 9.17) is 0 Å². The summed E-state index contributed by atoms with van der Waals surface area (Å²) in [5, 5.41) is 2.72. The van der Waals surface area contributed by atoms with Crippen LogP contribution in [0.4, 0.5) is 26.3 Å². The first-order valence-electron chi connectivity index (χ1n) is 15.3. The second kappa shape index (κ2) is 10.6. The molecule has 240 valence electrons. The fraction of sp³-hybridized carbons (Fsp3) is 0.158. The summed E-state index contributed by atoms with van der Waals surface area (Å²) in [5.74, 6) is 0. The van der Waals surface area contributed by atoms with E-state index in [1.165, 1.54) is 24.3 Å². The van der Waals surface area contributed by atoms with Crippen LogP contribution in [-0.2, 0) is 11.8 Å². The van der Waals surface area contributed by atoms with Gasteiger partial charge in [0, 0.05) is 39.9 Å². The van der Waals surface area contributed by atoms with Crippen LogP contribution in [0, 0.1) is 0 Å². The molecule has 0 spiro atoms. The molecule has 4 heterocycles. The summed E-state index contributed by atoms with van der Waals surface area (Å²) in [4.78, 5) is 8.72. The number of nitrogens with zero attached hydrogens (tertiary/aromatic N) is 4. The summed E-state index contributed by atoms with van der Waals surface area (Å²) in [6.07, 6.45) is -5.78. The van der Waals surface area contributed by atoms with Crippen LogP contribution in [-0.4, -0.2) is 38.7 Å². The molecule has 8 rings (SSSR count). The third-order valence-electron chi connectivity index (χ3n) is 9.41. The third-order valence-corrected chi connectivity index (χ3v) is 9.41. The Hall–Kier alpha value is -5.38. The van der Waals surface area contributed by atoms with E-state index in [0.717, 1.165) is 62.7 Å². The normalized spacial score (nSPS) is 15.4. The fourth-order valence-corrected chi connectivity index (χ4v) is 7.30. The van der Waals surface area contributed by atoms with Gasteiger partial charge in [-0.3, -0.25) is 9.98 Å².